The number of primary amides is 1. The Bertz CT molecular complexity index is 758. The van der Waals surface area contributed by atoms with Crippen molar-refractivity contribution in [3.8, 4) is 0 Å². The minimum absolute atomic E-state index is 0.0381. The number of hydrogen-bond acceptors (Lipinski definition) is 3. The van der Waals surface area contributed by atoms with E-state index in [2.05, 4.69) is 5.32 Å². The SMILES string of the molecule is NC(=O)C(=O)C(Cc1ccccc1)NC(=O)c1c(Cl)cccc1Cl. The zero-order valence-electron chi connectivity index (χ0n) is 12.5. The van der Waals surface area contributed by atoms with Gasteiger partial charge < -0.3 is 11.1 Å². The van der Waals surface area contributed by atoms with E-state index in [9.17, 15) is 14.4 Å². The highest BCUT2D eigenvalue weighted by atomic mass is 35.5. The summed E-state index contributed by atoms with van der Waals surface area (Å²) < 4.78 is 0. The minimum Gasteiger partial charge on any atom is -0.363 e. The van der Waals surface area contributed by atoms with Crippen molar-refractivity contribution in [1.29, 1.82) is 0 Å². The predicted molar refractivity (Wildman–Crippen MR) is 92.1 cm³/mol. The zero-order chi connectivity index (χ0) is 17.7. The Balaban J connectivity index is 2.26. The largest absolute Gasteiger partial charge is 0.363 e. The van der Waals surface area contributed by atoms with E-state index in [0.29, 0.717) is 0 Å². The van der Waals surface area contributed by atoms with Gasteiger partial charge in [0.15, 0.2) is 0 Å². The van der Waals surface area contributed by atoms with Gasteiger partial charge in [0.05, 0.1) is 15.6 Å². The van der Waals surface area contributed by atoms with E-state index in [1.807, 2.05) is 6.07 Å². The molecule has 1 atom stereocenters. The van der Waals surface area contributed by atoms with E-state index >= 15 is 0 Å². The average molecular weight is 365 g/mol. The number of hydrogen-bond donors (Lipinski definition) is 2. The van der Waals surface area contributed by atoms with Crippen LogP contribution in [-0.2, 0) is 16.0 Å². The molecule has 2 amide bonds. The van der Waals surface area contributed by atoms with Gasteiger partial charge in [0.2, 0.25) is 5.78 Å². The van der Waals surface area contributed by atoms with Crippen molar-refractivity contribution in [2.24, 2.45) is 5.73 Å². The van der Waals surface area contributed by atoms with Crippen molar-refractivity contribution in [1.82, 2.24) is 5.32 Å². The van der Waals surface area contributed by atoms with E-state index in [4.69, 9.17) is 28.9 Å². The first-order valence-corrected chi connectivity index (χ1v) is 7.78. The van der Waals surface area contributed by atoms with E-state index in [-0.39, 0.29) is 22.0 Å². The van der Waals surface area contributed by atoms with Gasteiger partial charge in [-0.2, -0.15) is 0 Å². The van der Waals surface area contributed by atoms with Crippen LogP contribution in [0.25, 0.3) is 0 Å². The molecule has 2 rings (SSSR count). The summed E-state index contributed by atoms with van der Waals surface area (Å²) in [4.78, 5) is 35.7. The van der Waals surface area contributed by atoms with Crippen molar-refractivity contribution < 1.29 is 14.4 Å². The number of carbonyl (C=O) groups excluding carboxylic acids is 3. The monoisotopic (exact) mass is 364 g/mol. The molecule has 0 radical (unpaired) electrons. The molecule has 7 heteroatoms. The summed E-state index contributed by atoms with van der Waals surface area (Å²) in [6.07, 6.45) is 0.121. The summed E-state index contributed by atoms with van der Waals surface area (Å²) in [7, 11) is 0. The lowest BCUT2D eigenvalue weighted by Crippen LogP contribution is -2.47. The van der Waals surface area contributed by atoms with E-state index in [1.165, 1.54) is 12.1 Å². The summed E-state index contributed by atoms with van der Waals surface area (Å²) in [5.41, 5.74) is 5.88. The van der Waals surface area contributed by atoms with Crippen LogP contribution in [0.5, 0.6) is 0 Å². The first kappa shape index (κ1) is 18.0. The Morgan fingerprint density at radius 3 is 2.08 bits per heavy atom. The molecule has 0 aliphatic carbocycles. The molecular formula is C17H14Cl2N2O3. The quantitative estimate of drug-likeness (QED) is 0.771. The lowest BCUT2D eigenvalue weighted by molar-refractivity contribution is -0.137. The third-order valence-electron chi connectivity index (χ3n) is 3.34. The molecule has 3 N–H and O–H groups in total. The minimum atomic E-state index is -1.12. The van der Waals surface area contributed by atoms with Crippen LogP contribution in [-0.4, -0.2) is 23.6 Å². The Labute approximate surface area is 148 Å². The maximum absolute atomic E-state index is 12.4. The van der Waals surface area contributed by atoms with Crippen molar-refractivity contribution in [2.75, 3.05) is 0 Å². The Hall–Kier alpha value is -2.37. The van der Waals surface area contributed by atoms with Crippen LogP contribution in [0.1, 0.15) is 15.9 Å². The molecule has 5 nitrogen and oxygen atoms in total. The molecule has 124 valence electrons. The van der Waals surface area contributed by atoms with Gasteiger partial charge in [0.1, 0.15) is 6.04 Å². The smallest absolute Gasteiger partial charge is 0.287 e. The molecule has 2 aromatic rings. The molecule has 0 spiro atoms. The van der Waals surface area contributed by atoms with Crippen LogP contribution in [0.4, 0.5) is 0 Å². The summed E-state index contributed by atoms with van der Waals surface area (Å²) >= 11 is 12.0. The van der Waals surface area contributed by atoms with Gasteiger partial charge in [-0.3, -0.25) is 14.4 Å². The highest BCUT2D eigenvalue weighted by Gasteiger charge is 2.27. The Morgan fingerprint density at radius 2 is 1.54 bits per heavy atom. The van der Waals surface area contributed by atoms with Gasteiger partial charge in [-0.25, -0.2) is 0 Å². The van der Waals surface area contributed by atoms with Crippen LogP contribution >= 0.6 is 23.2 Å². The molecule has 0 aliphatic heterocycles. The maximum atomic E-state index is 12.4. The lowest BCUT2D eigenvalue weighted by Gasteiger charge is -2.17. The Morgan fingerprint density at radius 1 is 0.958 bits per heavy atom. The van der Waals surface area contributed by atoms with Gasteiger partial charge in [0.25, 0.3) is 11.8 Å². The number of amides is 2. The molecule has 0 fully saturated rings. The van der Waals surface area contributed by atoms with Crippen LogP contribution in [0, 0.1) is 0 Å². The molecule has 0 aliphatic rings. The van der Waals surface area contributed by atoms with Crippen LogP contribution in [0.2, 0.25) is 10.0 Å². The molecular weight excluding hydrogens is 351 g/mol. The summed E-state index contributed by atoms with van der Waals surface area (Å²) in [5, 5.41) is 2.77. The number of nitrogens with one attached hydrogen (secondary N) is 1. The molecule has 0 bridgehead atoms. The van der Waals surface area contributed by atoms with Crippen LogP contribution in [0.3, 0.4) is 0 Å². The molecule has 0 aromatic heterocycles. The lowest BCUT2D eigenvalue weighted by atomic mass is 10.0. The molecule has 0 saturated heterocycles. The normalized spacial score (nSPS) is 11.6. The zero-order valence-corrected chi connectivity index (χ0v) is 14.0. The Kier molecular flexibility index (Phi) is 5.95. The third kappa shape index (κ3) is 4.34. The van der Waals surface area contributed by atoms with E-state index in [0.717, 1.165) is 5.56 Å². The second-order valence-corrected chi connectivity index (χ2v) is 5.86. The fraction of sp³-hybridized carbons (Fsp3) is 0.118. The highest BCUT2D eigenvalue weighted by Crippen LogP contribution is 2.24. The average Bonchev–Trinajstić information content (AvgIpc) is 2.54. The second-order valence-electron chi connectivity index (χ2n) is 5.04. The fourth-order valence-corrected chi connectivity index (χ4v) is 2.75. The molecule has 24 heavy (non-hydrogen) atoms. The molecule has 1 unspecified atom stereocenters. The number of rotatable bonds is 6. The first-order valence-electron chi connectivity index (χ1n) is 7.02. The second kappa shape index (κ2) is 7.95. The fourth-order valence-electron chi connectivity index (χ4n) is 2.18. The third-order valence-corrected chi connectivity index (χ3v) is 3.97. The van der Waals surface area contributed by atoms with Gasteiger partial charge in [0, 0.05) is 6.42 Å². The number of Topliss-reactive ketones (excluding diaryl/α,β-unsaturated/α-hetero) is 1. The molecule has 2 aromatic carbocycles. The van der Waals surface area contributed by atoms with Gasteiger partial charge in [-0.05, 0) is 17.7 Å². The van der Waals surface area contributed by atoms with Crippen molar-refractivity contribution in [3.05, 3.63) is 69.7 Å². The van der Waals surface area contributed by atoms with Crippen molar-refractivity contribution in [2.45, 2.75) is 12.5 Å². The van der Waals surface area contributed by atoms with Crippen LogP contribution < -0.4 is 11.1 Å². The van der Waals surface area contributed by atoms with E-state index in [1.54, 1.807) is 30.3 Å². The summed E-state index contributed by atoms with van der Waals surface area (Å²) in [6, 6.07) is 12.4. The topological polar surface area (TPSA) is 89.3 Å². The molecule has 0 saturated carbocycles. The highest BCUT2D eigenvalue weighted by molar-refractivity contribution is 6.40. The number of ketones is 1. The maximum Gasteiger partial charge on any atom is 0.287 e. The number of nitrogens with two attached hydrogens (primary N) is 1. The van der Waals surface area contributed by atoms with Crippen LogP contribution in [0.15, 0.2) is 48.5 Å². The molecule has 0 heterocycles. The predicted octanol–water partition coefficient (Wildman–Crippen LogP) is 2.39. The summed E-state index contributed by atoms with van der Waals surface area (Å²) in [6.45, 7) is 0. The number of carbonyl (C=O) groups is 3. The van der Waals surface area contributed by atoms with Crippen molar-refractivity contribution >= 4 is 40.8 Å². The van der Waals surface area contributed by atoms with E-state index < -0.39 is 23.6 Å². The number of benzene rings is 2. The van der Waals surface area contributed by atoms with Gasteiger partial charge >= 0.3 is 0 Å². The first-order chi connectivity index (χ1) is 11.4. The standard InChI is InChI=1S/C17H14Cl2N2O3/c18-11-7-4-8-12(19)14(11)17(24)21-13(15(22)16(20)23)9-10-5-2-1-3-6-10/h1-8,13H,9H2,(H2,20,23)(H,21,24). The number of halogens is 2. The van der Waals surface area contributed by atoms with Crippen molar-refractivity contribution in [3.63, 3.8) is 0 Å². The summed E-state index contributed by atoms with van der Waals surface area (Å²) in [5.74, 6) is -2.67. The van der Waals surface area contributed by atoms with Gasteiger partial charge in [-0.1, -0.05) is 59.6 Å². The van der Waals surface area contributed by atoms with Gasteiger partial charge in [-0.15, -0.1) is 0 Å².